The molecule has 0 amide bonds. The Hall–Kier alpha value is 0.600. The Morgan fingerprint density at radius 3 is 2.87 bits per heavy atom. The molecule has 1 heterocycles. The standard InChI is InChI=1S/C9H19IN2O2S/c1-2-3-7-15(13,14)11-9-5-4-6-12(10)8-9/h9,11H,2-8H2,1H3. The van der Waals surface area contributed by atoms with Crippen molar-refractivity contribution in [2.75, 3.05) is 18.8 Å². The van der Waals surface area contributed by atoms with Gasteiger partial charge in [-0.25, -0.2) is 16.3 Å². The van der Waals surface area contributed by atoms with Crippen LogP contribution in [-0.2, 0) is 10.0 Å². The second-order valence-corrected chi connectivity index (χ2v) is 7.24. The Labute approximate surface area is 106 Å². The molecule has 1 aliphatic heterocycles. The zero-order chi connectivity index (χ0) is 11.3. The number of halogens is 1. The van der Waals surface area contributed by atoms with Crippen LogP contribution in [0, 0.1) is 0 Å². The van der Waals surface area contributed by atoms with Gasteiger partial charge in [-0.3, -0.25) is 0 Å². The van der Waals surface area contributed by atoms with Gasteiger partial charge in [0.1, 0.15) is 0 Å². The van der Waals surface area contributed by atoms with Gasteiger partial charge >= 0.3 is 0 Å². The normalized spacial score (nSPS) is 24.3. The van der Waals surface area contributed by atoms with Crippen molar-refractivity contribution in [3.05, 3.63) is 0 Å². The molecular weight excluding hydrogens is 327 g/mol. The summed E-state index contributed by atoms with van der Waals surface area (Å²) in [6, 6.07) is 0.109. The molecule has 90 valence electrons. The van der Waals surface area contributed by atoms with Crippen LogP contribution >= 0.6 is 22.9 Å². The minimum atomic E-state index is -3.05. The summed E-state index contributed by atoms with van der Waals surface area (Å²) < 4.78 is 28.2. The fourth-order valence-electron chi connectivity index (χ4n) is 1.67. The lowest BCUT2D eigenvalue weighted by Crippen LogP contribution is -2.45. The van der Waals surface area contributed by atoms with E-state index in [4.69, 9.17) is 0 Å². The number of unbranched alkanes of at least 4 members (excludes halogenated alkanes) is 1. The van der Waals surface area contributed by atoms with Crippen molar-refractivity contribution in [2.45, 2.75) is 38.6 Å². The Bertz CT molecular complexity index is 282. The number of hydrogen-bond donors (Lipinski definition) is 1. The van der Waals surface area contributed by atoms with Crippen LogP contribution in [0.3, 0.4) is 0 Å². The second kappa shape index (κ2) is 6.36. The van der Waals surface area contributed by atoms with Crippen LogP contribution in [-0.4, -0.2) is 36.4 Å². The molecule has 0 aliphatic carbocycles. The zero-order valence-electron chi connectivity index (χ0n) is 9.08. The van der Waals surface area contributed by atoms with E-state index >= 15 is 0 Å². The van der Waals surface area contributed by atoms with E-state index in [2.05, 4.69) is 30.7 Å². The van der Waals surface area contributed by atoms with Gasteiger partial charge in [-0.2, -0.15) is 0 Å². The molecular formula is C9H19IN2O2S. The molecule has 0 radical (unpaired) electrons. The van der Waals surface area contributed by atoms with E-state index in [-0.39, 0.29) is 11.8 Å². The maximum atomic E-state index is 11.6. The number of rotatable bonds is 5. The van der Waals surface area contributed by atoms with E-state index in [1.165, 1.54) is 0 Å². The van der Waals surface area contributed by atoms with Gasteiger partial charge in [0.15, 0.2) is 0 Å². The van der Waals surface area contributed by atoms with E-state index < -0.39 is 10.0 Å². The summed E-state index contributed by atoms with van der Waals surface area (Å²) in [6.45, 7) is 3.89. The highest BCUT2D eigenvalue weighted by Crippen LogP contribution is 2.14. The SMILES string of the molecule is CCCCS(=O)(=O)NC1CCCN(I)C1. The number of nitrogens with zero attached hydrogens (tertiary/aromatic N) is 1. The lowest BCUT2D eigenvalue weighted by atomic mass is 10.1. The van der Waals surface area contributed by atoms with Gasteiger partial charge in [-0.15, -0.1) is 0 Å². The van der Waals surface area contributed by atoms with E-state index in [1.807, 2.05) is 6.92 Å². The highest BCUT2D eigenvalue weighted by Gasteiger charge is 2.22. The molecule has 1 rings (SSSR count). The average molecular weight is 346 g/mol. The smallest absolute Gasteiger partial charge is 0.211 e. The molecule has 1 N–H and O–H groups in total. The maximum Gasteiger partial charge on any atom is 0.211 e. The maximum absolute atomic E-state index is 11.6. The highest BCUT2D eigenvalue weighted by atomic mass is 127. The summed E-state index contributed by atoms with van der Waals surface area (Å²) in [6.07, 6.45) is 3.70. The first-order valence-corrected chi connectivity index (χ1v) is 8.06. The van der Waals surface area contributed by atoms with Crippen molar-refractivity contribution >= 4 is 32.9 Å². The lowest BCUT2D eigenvalue weighted by molar-refractivity contribution is 0.347. The molecule has 1 atom stereocenters. The Balaban J connectivity index is 2.39. The monoisotopic (exact) mass is 346 g/mol. The van der Waals surface area contributed by atoms with Crippen molar-refractivity contribution < 1.29 is 8.42 Å². The summed E-state index contributed by atoms with van der Waals surface area (Å²) >= 11 is 2.25. The Kier molecular flexibility index (Phi) is 5.80. The molecule has 1 saturated heterocycles. The van der Waals surface area contributed by atoms with Gasteiger partial charge in [-0.05, 0) is 19.3 Å². The summed E-state index contributed by atoms with van der Waals surface area (Å²) in [4.78, 5) is 0. The highest BCUT2D eigenvalue weighted by molar-refractivity contribution is 14.1. The largest absolute Gasteiger partial charge is 0.246 e. The topological polar surface area (TPSA) is 49.4 Å². The molecule has 1 fully saturated rings. The third kappa shape index (κ3) is 5.46. The predicted molar refractivity (Wildman–Crippen MR) is 70.4 cm³/mol. The third-order valence-electron chi connectivity index (χ3n) is 2.48. The molecule has 0 saturated carbocycles. The number of nitrogens with one attached hydrogen (secondary N) is 1. The van der Waals surface area contributed by atoms with E-state index in [9.17, 15) is 8.42 Å². The minimum Gasteiger partial charge on any atom is -0.246 e. The van der Waals surface area contributed by atoms with Crippen LogP contribution in [0.25, 0.3) is 0 Å². The van der Waals surface area contributed by atoms with Crippen molar-refractivity contribution in [1.29, 1.82) is 0 Å². The van der Waals surface area contributed by atoms with Crippen LogP contribution < -0.4 is 4.72 Å². The van der Waals surface area contributed by atoms with E-state index in [0.29, 0.717) is 0 Å². The van der Waals surface area contributed by atoms with Crippen molar-refractivity contribution in [2.24, 2.45) is 0 Å². The van der Waals surface area contributed by atoms with Gasteiger partial charge in [-0.1, -0.05) is 13.3 Å². The number of hydrogen-bond acceptors (Lipinski definition) is 3. The first-order chi connectivity index (χ1) is 7.03. The molecule has 0 aromatic carbocycles. The van der Waals surface area contributed by atoms with Crippen LogP contribution in [0.4, 0.5) is 0 Å². The number of sulfonamides is 1. The molecule has 0 aromatic rings. The lowest BCUT2D eigenvalue weighted by Gasteiger charge is -2.28. The zero-order valence-corrected chi connectivity index (χ0v) is 12.1. The van der Waals surface area contributed by atoms with Gasteiger partial charge < -0.3 is 0 Å². The van der Waals surface area contributed by atoms with Crippen molar-refractivity contribution in [1.82, 2.24) is 7.84 Å². The molecule has 0 spiro atoms. The second-order valence-electron chi connectivity index (χ2n) is 4.00. The predicted octanol–water partition coefficient (Wildman–Crippen LogP) is 1.52. The summed E-state index contributed by atoms with van der Waals surface area (Å²) in [7, 11) is -3.05. The summed E-state index contributed by atoms with van der Waals surface area (Å²) in [5.41, 5.74) is 0. The van der Waals surface area contributed by atoms with Crippen molar-refractivity contribution in [3.8, 4) is 0 Å². The third-order valence-corrected chi connectivity index (χ3v) is 4.88. The fourth-order valence-corrected chi connectivity index (χ4v) is 3.98. The average Bonchev–Trinajstić information content (AvgIpc) is 2.14. The van der Waals surface area contributed by atoms with Gasteiger partial charge in [0, 0.05) is 42.0 Å². The molecule has 0 aromatic heterocycles. The quantitative estimate of drug-likeness (QED) is 0.607. The first-order valence-electron chi connectivity index (χ1n) is 5.44. The van der Waals surface area contributed by atoms with Crippen LogP contribution in [0.2, 0.25) is 0 Å². The Morgan fingerprint density at radius 1 is 1.53 bits per heavy atom. The summed E-state index contributed by atoms with van der Waals surface area (Å²) in [5, 5.41) is 0. The van der Waals surface area contributed by atoms with Crippen LogP contribution in [0.15, 0.2) is 0 Å². The molecule has 1 aliphatic rings. The molecule has 15 heavy (non-hydrogen) atoms. The van der Waals surface area contributed by atoms with Gasteiger partial charge in [0.2, 0.25) is 10.0 Å². The van der Waals surface area contributed by atoms with E-state index in [0.717, 1.165) is 38.8 Å². The minimum absolute atomic E-state index is 0.109. The van der Waals surface area contributed by atoms with E-state index in [1.54, 1.807) is 0 Å². The molecule has 4 nitrogen and oxygen atoms in total. The van der Waals surface area contributed by atoms with Crippen molar-refractivity contribution in [3.63, 3.8) is 0 Å². The molecule has 6 heteroatoms. The molecule has 0 bridgehead atoms. The summed E-state index contributed by atoms with van der Waals surface area (Å²) in [5.74, 6) is 0.265. The van der Waals surface area contributed by atoms with Crippen LogP contribution in [0.5, 0.6) is 0 Å². The number of piperidine rings is 1. The van der Waals surface area contributed by atoms with Gasteiger partial charge in [0.05, 0.1) is 5.75 Å². The van der Waals surface area contributed by atoms with Crippen LogP contribution in [0.1, 0.15) is 32.6 Å². The Morgan fingerprint density at radius 2 is 2.27 bits per heavy atom. The molecule has 1 unspecified atom stereocenters. The van der Waals surface area contributed by atoms with Gasteiger partial charge in [0.25, 0.3) is 0 Å². The fraction of sp³-hybridized carbons (Fsp3) is 1.00. The first kappa shape index (κ1) is 13.7.